The van der Waals surface area contributed by atoms with Crippen molar-refractivity contribution in [2.24, 2.45) is 0 Å². The van der Waals surface area contributed by atoms with E-state index >= 15 is 0 Å². The lowest BCUT2D eigenvalue weighted by molar-refractivity contribution is -0.379. The van der Waals surface area contributed by atoms with Crippen LogP contribution in [0.2, 0.25) is 0 Å². The quantitative estimate of drug-likeness (QED) is 0.0200. The third-order valence-corrected chi connectivity index (χ3v) is 17.5. The van der Waals surface area contributed by atoms with Gasteiger partial charge in [-0.05, 0) is 51.4 Å². The third kappa shape index (κ3) is 32.9. The van der Waals surface area contributed by atoms with Gasteiger partial charge in [-0.3, -0.25) is 4.79 Å². The van der Waals surface area contributed by atoms with Gasteiger partial charge in [0.2, 0.25) is 5.91 Å². The van der Waals surface area contributed by atoms with Crippen LogP contribution in [0.25, 0.3) is 0 Å². The molecular formula is C68H125NO18. The lowest BCUT2D eigenvalue weighted by Crippen LogP contribution is -2.66. The number of aliphatic hydroxyl groups excluding tert-OH is 11. The van der Waals surface area contributed by atoms with E-state index in [2.05, 4.69) is 55.6 Å². The number of rotatable bonds is 53. The molecule has 0 saturated carbocycles. The summed E-state index contributed by atoms with van der Waals surface area (Å²) in [5, 5.41) is 121. The van der Waals surface area contributed by atoms with E-state index in [-0.39, 0.29) is 18.9 Å². The van der Waals surface area contributed by atoms with Gasteiger partial charge in [-0.15, -0.1) is 0 Å². The monoisotopic (exact) mass is 1240 g/mol. The average Bonchev–Trinajstić information content (AvgIpc) is 1.10. The summed E-state index contributed by atoms with van der Waals surface area (Å²) >= 11 is 0. The number of ether oxygens (including phenoxy) is 6. The van der Waals surface area contributed by atoms with Crippen LogP contribution in [0.3, 0.4) is 0 Å². The fraction of sp³-hybridized carbons (Fsp3) is 0.897. The Morgan fingerprint density at radius 3 is 1.18 bits per heavy atom. The SMILES string of the molecule is CCCCCCC/C=C\C/C=C\C/C=C\CCCCCCCCCCCCCCC(=O)NC(COC1OC(CO)C(OC2OC(CO)C(OC3OC(CO)C(O)C(O)C3O)C(O)C2O)C(O)C1O)C(O)CCCCCCCCCCCCCCCCC. The van der Waals surface area contributed by atoms with Crippen LogP contribution in [0.1, 0.15) is 258 Å². The molecule has 87 heavy (non-hydrogen) atoms. The Morgan fingerprint density at radius 1 is 0.414 bits per heavy atom. The van der Waals surface area contributed by atoms with Gasteiger partial charge in [0, 0.05) is 6.42 Å². The molecule has 19 heteroatoms. The minimum Gasteiger partial charge on any atom is -0.394 e. The summed E-state index contributed by atoms with van der Waals surface area (Å²) in [6.07, 6.45) is 30.8. The van der Waals surface area contributed by atoms with Crippen molar-refractivity contribution in [2.45, 2.75) is 362 Å². The molecule has 0 aromatic carbocycles. The van der Waals surface area contributed by atoms with E-state index in [0.717, 1.165) is 64.2 Å². The second-order valence-electron chi connectivity index (χ2n) is 25.0. The highest BCUT2D eigenvalue weighted by Crippen LogP contribution is 2.33. The van der Waals surface area contributed by atoms with E-state index in [9.17, 15) is 61.0 Å². The van der Waals surface area contributed by atoms with Crippen molar-refractivity contribution >= 4 is 5.91 Å². The van der Waals surface area contributed by atoms with Crippen LogP contribution in [0.4, 0.5) is 0 Å². The molecule has 0 radical (unpaired) electrons. The predicted octanol–water partition coefficient (Wildman–Crippen LogP) is 8.83. The van der Waals surface area contributed by atoms with Gasteiger partial charge in [-0.1, -0.05) is 237 Å². The first-order valence-corrected chi connectivity index (χ1v) is 34.7. The van der Waals surface area contributed by atoms with Crippen molar-refractivity contribution in [3.63, 3.8) is 0 Å². The summed E-state index contributed by atoms with van der Waals surface area (Å²) in [7, 11) is 0. The van der Waals surface area contributed by atoms with E-state index in [4.69, 9.17) is 28.4 Å². The Hall–Kier alpha value is -1.99. The maximum Gasteiger partial charge on any atom is 0.220 e. The molecule has 0 spiro atoms. The summed E-state index contributed by atoms with van der Waals surface area (Å²) in [5.41, 5.74) is 0. The van der Waals surface area contributed by atoms with Crippen molar-refractivity contribution in [3.8, 4) is 0 Å². The standard InChI is InChI=1S/C68H125NO18/c1-3-5-7-9-11-13-15-17-19-20-21-22-23-24-25-26-27-28-29-30-32-34-36-38-40-42-44-46-56(74)69-51(52(73)45-43-41-39-37-35-33-31-18-16-14-12-10-8-6-4-2)50-82-66-62(80)59(77)64(54(48-71)84-66)87-68-63(81)60(78)65(55(49-72)85-68)86-67-61(79)58(76)57(75)53(47-70)83-67/h15,17,20-21,23-24,51-55,57-68,70-73,75-81H,3-14,16,18-19,22,25-50H2,1-2H3,(H,69,74)/b17-15-,21-20-,24-23-. The van der Waals surface area contributed by atoms with Crippen molar-refractivity contribution in [1.82, 2.24) is 5.32 Å². The van der Waals surface area contributed by atoms with Crippen LogP contribution in [0.5, 0.6) is 0 Å². The number of hydrogen-bond acceptors (Lipinski definition) is 18. The summed E-state index contributed by atoms with van der Waals surface area (Å²) in [6, 6.07) is -0.888. The minimum absolute atomic E-state index is 0.244. The van der Waals surface area contributed by atoms with E-state index in [0.29, 0.717) is 12.8 Å². The lowest BCUT2D eigenvalue weighted by Gasteiger charge is -2.48. The minimum atomic E-state index is -1.97. The molecule has 0 aromatic rings. The van der Waals surface area contributed by atoms with Crippen LogP contribution in [0, 0.1) is 0 Å². The topological polar surface area (TPSA) is 307 Å². The number of hydrogen-bond donors (Lipinski definition) is 12. The van der Waals surface area contributed by atoms with Crippen molar-refractivity contribution in [1.29, 1.82) is 0 Å². The summed E-state index contributed by atoms with van der Waals surface area (Å²) < 4.78 is 34.4. The first-order valence-electron chi connectivity index (χ1n) is 34.7. The van der Waals surface area contributed by atoms with E-state index < -0.39 is 124 Å². The van der Waals surface area contributed by atoms with Crippen molar-refractivity contribution in [3.05, 3.63) is 36.5 Å². The maximum atomic E-state index is 13.4. The maximum absolute atomic E-state index is 13.4. The number of allylic oxidation sites excluding steroid dienone is 6. The number of nitrogens with one attached hydrogen (secondary N) is 1. The first kappa shape index (κ1) is 79.2. The second-order valence-corrected chi connectivity index (χ2v) is 25.0. The molecule has 0 aromatic heterocycles. The summed E-state index contributed by atoms with van der Waals surface area (Å²) in [6.45, 7) is 1.80. The normalized spacial score (nSPS) is 28.8. The number of amides is 1. The first-order chi connectivity index (χ1) is 42.3. The molecule has 0 aliphatic carbocycles. The Balaban J connectivity index is 1.41. The van der Waals surface area contributed by atoms with Crippen LogP contribution in [-0.4, -0.2) is 193 Å². The van der Waals surface area contributed by atoms with E-state index in [1.54, 1.807) is 0 Å². The molecule has 0 bridgehead atoms. The summed E-state index contributed by atoms with van der Waals surface area (Å²) in [5.74, 6) is -0.244. The third-order valence-electron chi connectivity index (χ3n) is 17.5. The van der Waals surface area contributed by atoms with Gasteiger partial charge in [0.15, 0.2) is 18.9 Å². The number of unbranched alkanes of at least 4 members (excludes halogenated alkanes) is 31. The molecule has 3 rings (SSSR count). The van der Waals surface area contributed by atoms with Gasteiger partial charge in [0.05, 0.1) is 38.6 Å². The molecule has 3 saturated heterocycles. The van der Waals surface area contributed by atoms with E-state index in [1.165, 1.54) is 161 Å². The smallest absolute Gasteiger partial charge is 0.220 e. The molecule has 19 nitrogen and oxygen atoms in total. The van der Waals surface area contributed by atoms with Crippen molar-refractivity contribution in [2.75, 3.05) is 26.4 Å². The highest BCUT2D eigenvalue weighted by molar-refractivity contribution is 5.76. The van der Waals surface area contributed by atoms with Crippen LogP contribution < -0.4 is 5.32 Å². The number of aliphatic hydroxyl groups is 11. The van der Waals surface area contributed by atoms with E-state index in [1.807, 2.05) is 0 Å². The number of carbonyl (C=O) groups is 1. The molecule has 17 unspecified atom stereocenters. The zero-order valence-electron chi connectivity index (χ0n) is 53.8. The largest absolute Gasteiger partial charge is 0.394 e. The molecule has 3 heterocycles. The van der Waals surface area contributed by atoms with Gasteiger partial charge < -0.3 is 89.9 Å². The molecule has 510 valence electrons. The van der Waals surface area contributed by atoms with Gasteiger partial charge in [0.25, 0.3) is 0 Å². The molecule has 17 atom stereocenters. The Morgan fingerprint density at radius 2 is 0.759 bits per heavy atom. The average molecular weight is 1240 g/mol. The molecule has 3 fully saturated rings. The van der Waals surface area contributed by atoms with Crippen molar-refractivity contribution < 1.29 is 89.4 Å². The van der Waals surface area contributed by atoms with Crippen LogP contribution >= 0.6 is 0 Å². The zero-order valence-corrected chi connectivity index (χ0v) is 53.8. The zero-order chi connectivity index (χ0) is 63.3. The van der Waals surface area contributed by atoms with Gasteiger partial charge in [-0.2, -0.15) is 0 Å². The molecule has 3 aliphatic rings. The molecule has 12 N–H and O–H groups in total. The Bertz CT molecular complexity index is 1720. The van der Waals surface area contributed by atoms with Crippen LogP contribution in [0.15, 0.2) is 36.5 Å². The molecule has 3 aliphatic heterocycles. The highest BCUT2D eigenvalue weighted by atomic mass is 16.8. The Labute approximate surface area is 523 Å². The van der Waals surface area contributed by atoms with Gasteiger partial charge >= 0.3 is 0 Å². The highest BCUT2D eigenvalue weighted by Gasteiger charge is 2.53. The molecule has 1 amide bonds. The van der Waals surface area contributed by atoms with Gasteiger partial charge in [-0.25, -0.2) is 0 Å². The second kappa shape index (κ2) is 50.6. The van der Waals surface area contributed by atoms with Gasteiger partial charge in [0.1, 0.15) is 73.2 Å². The van der Waals surface area contributed by atoms with Crippen LogP contribution in [-0.2, 0) is 33.2 Å². The fourth-order valence-corrected chi connectivity index (χ4v) is 11.8. The summed E-state index contributed by atoms with van der Waals surface area (Å²) in [4.78, 5) is 13.4. The predicted molar refractivity (Wildman–Crippen MR) is 337 cm³/mol. The molecular weight excluding hydrogens is 1120 g/mol. The fourth-order valence-electron chi connectivity index (χ4n) is 11.8. The lowest BCUT2D eigenvalue weighted by atomic mass is 9.96. The Kier molecular flexibility index (Phi) is 46.0. The number of carbonyl (C=O) groups excluding carboxylic acids is 1.